The quantitative estimate of drug-likeness (QED) is 0.784. The fourth-order valence-electron chi connectivity index (χ4n) is 1.46. The van der Waals surface area contributed by atoms with Gasteiger partial charge in [-0.3, -0.25) is 4.79 Å². The highest BCUT2D eigenvalue weighted by atomic mass is 35.5. The number of aldehydes is 1. The average Bonchev–Trinajstić information content (AvgIpc) is 2.40. The first-order valence-electron chi connectivity index (χ1n) is 5.31. The summed E-state index contributed by atoms with van der Waals surface area (Å²) in [5, 5.41) is 0.464. The number of rotatable bonds is 4. The van der Waals surface area contributed by atoms with Crippen molar-refractivity contribution in [3.63, 3.8) is 0 Å². The van der Waals surface area contributed by atoms with E-state index in [1.165, 1.54) is 18.2 Å². The molecule has 0 heterocycles. The number of benzene rings is 2. The van der Waals surface area contributed by atoms with Crippen LogP contribution < -0.4 is 4.74 Å². The van der Waals surface area contributed by atoms with Crippen LogP contribution in [0.2, 0.25) is 5.02 Å². The number of ether oxygens (including phenoxy) is 1. The molecule has 2 nitrogen and oxygen atoms in total. The maximum Gasteiger partial charge on any atom is 0.150 e. The van der Waals surface area contributed by atoms with Gasteiger partial charge in [0.1, 0.15) is 24.5 Å². The molecule has 0 unspecified atom stereocenters. The van der Waals surface area contributed by atoms with Crippen LogP contribution in [0.3, 0.4) is 0 Å². The topological polar surface area (TPSA) is 26.3 Å². The average molecular weight is 265 g/mol. The first-order chi connectivity index (χ1) is 8.69. The Morgan fingerprint density at radius 3 is 2.56 bits per heavy atom. The number of carbonyl (C=O) groups excluding carboxylic acids is 1. The normalized spacial score (nSPS) is 10.1. The van der Waals surface area contributed by atoms with Crippen LogP contribution in [-0.2, 0) is 6.61 Å². The second-order valence-electron chi connectivity index (χ2n) is 3.71. The molecular weight excluding hydrogens is 255 g/mol. The maximum atomic E-state index is 13.4. The molecule has 0 aromatic heterocycles. The highest BCUT2D eigenvalue weighted by Gasteiger charge is 2.04. The van der Waals surface area contributed by atoms with Gasteiger partial charge < -0.3 is 4.74 Å². The number of hydrogen-bond donors (Lipinski definition) is 0. The standard InChI is InChI=1S/C14H10ClFO2/c15-12-3-6-14(16)11(7-12)9-18-13-4-1-10(8-17)2-5-13/h1-8H,9H2. The van der Waals surface area contributed by atoms with Crippen LogP contribution in [-0.4, -0.2) is 6.29 Å². The minimum atomic E-state index is -0.357. The Hall–Kier alpha value is -1.87. The summed E-state index contributed by atoms with van der Waals surface area (Å²) in [6.45, 7) is 0.0901. The molecule has 0 amide bonds. The molecule has 4 heteroatoms. The van der Waals surface area contributed by atoms with Gasteiger partial charge in [-0.25, -0.2) is 4.39 Å². The van der Waals surface area contributed by atoms with Crippen molar-refractivity contribution < 1.29 is 13.9 Å². The third kappa shape index (κ3) is 3.08. The van der Waals surface area contributed by atoms with Crippen molar-refractivity contribution in [1.29, 1.82) is 0 Å². The molecule has 0 saturated carbocycles. The largest absolute Gasteiger partial charge is 0.489 e. The van der Waals surface area contributed by atoms with Gasteiger partial charge in [-0.05, 0) is 42.5 Å². The van der Waals surface area contributed by atoms with E-state index in [2.05, 4.69) is 0 Å². The first kappa shape index (κ1) is 12.6. The zero-order valence-electron chi connectivity index (χ0n) is 9.40. The van der Waals surface area contributed by atoms with Gasteiger partial charge in [0.05, 0.1) is 0 Å². The predicted molar refractivity (Wildman–Crippen MR) is 67.6 cm³/mol. The van der Waals surface area contributed by atoms with Crippen LogP contribution in [0.15, 0.2) is 42.5 Å². The molecule has 18 heavy (non-hydrogen) atoms. The Morgan fingerprint density at radius 2 is 1.89 bits per heavy atom. The predicted octanol–water partition coefficient (Wildman–Crippen LogP) is 3.87. The molecule has 0 N–H and O–H groups in total. The summed E-state index contributed by atoms with van der Waals surface area (Å²) in [7, 11) is 0. The zero-order valence-corrected chi connectivity index (χ0v) is 10.2. The highest BCUT2D eigenvalue weighted by Crippen LogP contribution is 2.18. The summed E-state index contributed by atoms with van der Waals surface area (Å²) in [6, 6.07) is 10.9. The third-order valence-corrected chi connectivity index (χ3v) is 2.65. The molecule has 0 aliphatic rings. The van der Waals surface area contributed by atoms with Gasteiger partial charge >= 0.3 is 0 Å². The van der Waals surface area contributed by atoms with Crippen molar-refractivity contribution in [2.45, 2.75) is 6.61 Å². The van der Waals surface area contributed by atoms with Gasteiger partial charge in [0, 0.05) is 16.1 Å². The van der Waals surface area contributed by atoms with E-state index in [1.807, 2.05) is 0 Å². The lowest BCUT2D eigenvalue weighted by atomic mass is 10.2. The van der Waals surface area contributed by atoms with Gasteiger partial charge in [0.25, 0.3) is 0 Å². The Labute approximate surface area is 109 Å². The summed E-state index contributed by atoms with van der Waals surface area (Å²) in [5.74, 6) is 0.212. The van der Waals surface area contributed by atoms with Crippen LogP contribution in [0, 0.1) is 5.82 Å². The van der Waals surface area contributed by atoms with Gasteiger partial charge in [-0.2, -0.15) is 0 Å². The van der Waals surface area contributed by atoms with Gasteiger partial charge in [0.15, 0.2) is 0 Å². The van der Waals surface area contributed by atoms with Crippen molar-refractivity contribution in [1.82, 2.24) is 0 Å². The molecule has 0 spiro atoms. The van der Waals surface area contributed by atoms with Crippen LogP contribution in [0.1, 0.15) is 15.9 Å². The van der Waals surface area contributed by atoms with Gasteiger partial charge in [-0.15, -0.1) is 0 Å². The molecule has 0 radical (unpaired) electrons. The molecular formula is C14H10ClFO2. The van der Waals surface area contributed by atoms with Crippen molar-refractivity contribution in [3.05, 3.63) is 64.4 Å². The van der Waals surface area contributed by atoms with Crippen LogP contribution in [0.4, 0.5) is 4.39 Å². The van der Waals surface area contributed by atoms with E-state index in [-0.39, 0.29) is 12.4 Å². The van der Waals surface area contributed by atoms with E-state index in [4.69, 9.17) is 16.3 Å². The Morgan fingerprint density at radius 1 is 1.17 bits per heavy atom. The Bertz CT molecular complexity index is 552. The lowest BCUT2D eigenvalue weighted by Crippen LogP contribution is -1.98. The lowest BCUT2D eigenvalue weighted by molar-refractivity contribution is 0.112. The van der Waals surface area contributed by atoms with Crippen LogP contribution in [0.25, 0.3) is 0 Å². The van der Waals surface area contributed by atoms with Crippen LogP contribution >= 0.6 is 11.6 Å². The van der Waals surface area contributed by atoms with E-state index in [0.29, 0.717) is 21.9 Å². The number of halogens is 2. The molecule has 2 rings (SSSR count). The Balaban J connectivity index is 2.06. The fourth-order valence-corrected chi connectivity index (χ4v) is 1.65. The van der Waals surface area contributed by atoms with Crippen molar-refractivity contribution in [2.24, 2.45) is 0 Å². The molecule has 0 aliphatic heterocycles. The molecule has 0 saturated heterocycles. The molecule has 2 aromatic rings. The molecule has 92 valence electrons. The lowest BCUT2D eigenvalue weighted by Gasteiger charge is -2.07. The second-order valence-corrected chi connectivity index (χ2v) is 4.15. The molecule has 0 fully saturated rings. The van der Waals surface area contributed by atoms with Crippen molar-refractivity contribution in [3.8, 4) is 5.75 Å². The van der Waals surface area contributed by atoms with Crippen molar-refractivity contribution >= 4 is 17.9 Å². The smallest absolute Gasteiger partial charge is 0.150 e. The van der Waals surface area contributed by atoms with E-state index < -0.39 is 0 Å². The SMILES string of the molecule is O=Cc1ccc(OCc2cc(Cl)ccc2F)cc1. The number of hydrogen-bond acceptors (Lipinski definition) is 2. The van der Waals surface area contributed by atoms with Crippen LogP contribution in [0.5, 0.6) is 5.75 Å². The summed E-state index contributed by atoms with van der Waals surface area (Å²) in [4.78, 5) is 10.5. The summed E-state index contributed by atoms with van der Waals surface area (Å²) in [5.41, 5.74) is 0.957. The van der Waals surface area contributed by atoms with Gasteiger partial charge in [0.2, 0.25) is 0 Å². The number of carbonyl (C=O) groups is 1. The van der Waals surface area contributed by atoms with E-state index in [1.54, 1.807) is 24.3 Å². The molecule has 2 aromatic carbocycles. The minimum Gasteiger partial charge on any atom is -0.489 e. The Kier molecular flexibility index (Phi) is 3.95. The van der Waals surface area contributed by atoms with Crippen molar-refractivity contribution in [2.75, 3.05) is 0 Å². The molecule has 0 atom stereocenters. The third-order valence-electron chi connectivity index (χ3n) is 2.42. The fraction of sp³-hybridized carbons (Fsp3) is 0.0714. The second kappa shape index (κ2) is 5.65. The van der Waals surface area contributed by atoms with E-state index >= 15 is 0 Å². The summed E-state index contributed by atoms with van der Waals surface area (Å²) < 4.78 is 18.8. The molecule has 0 aliphatic carbocycles. The molecule has 0 bridgehead atoms. The maximum absolute atomic E-state index is 13.4. The van der Waals surface area contributed by atoms with E-state index in [0.717, 1.165) is 6.29 Å². The summed E-state index contributed by atoms with van der Waals surface area (Å²) in [6.07, 6.45) is 0.750. The first-order valence-corrected chi connectivity index (χ1v) is 5.69. The van der Waals surface area contributed by atoms with Gasteiger partial charge in [-0.1, -0.05) is 11.6 Å². The minimum absolute atomic E-state index is 0.0901. The monoisotopic (exact) mass is 264 g/mol. The summed E-state index contributed by atoms with van der Waals surface area (Å²) >= 11 is 5.78. The zero-order chi connectivity index (χ0) is 13.0. The van der Waals surface area contributed by atoms with E-state index in [9.17, 15) is 9.18 Å². The highest BCUT2D eigenvalue weighted by molar-refractivity contribution is 6.30.